The van der Waals surface area contributed by atoms with Crippen LogP contribution >= 0.6 is 11.6 Å². The Hall–Kier alpha value is -0.750. The molecule has 0 saturated heterocycles. The zero-order chi connectivity index (χ0) is 15.6. The van der Waals surface area contributed by atoms with Crippen LogP contribution in [0.4, 0.5) is 0 Å². The number of rotatable bonds is 6. The number of nitrogens with two attached hydrogens (primary N) is 2. The molecule has 0 aromatic heterocycles. The van der Waals surface area contributed by atoms with Crippen LogP contribution < -0.4 is 10.3 Å². The fraction of sp³-hybridized carbons (Fsp3) is 0.333. The van der Waals surface area contributed by atoms with Gasteiger partial charge in [0, 0.05) is 10.6 Å². The second-order valence-electron chi connectivity index (χ2n) is 3.83. The minimum atomic E-state index is -4.36. The van der Waals surface area contributed by atoms with Crippen LogP contribution in [0, 0.1) is 0 Å². The molecule has 20 heavy (non-hydrogen) atoms. The van der Waals surface area contributed by atoms with Crippen molar-refractivity contribution in [2.75, 3.05) is 0 Å². The van der Waals surface area contributed by atoms with E-state index >= 15 is 0 Å². The quantitative estimate of drug-likeness (QED) is 0.756. The van der Waals surface area contributed by atoms with Gasteiger partial charge in [0.05, 0.1) is 0 Å². The van der Waals surface area contributed by atoms with E-state index in [0.717, 1.165) is 0 Å². The SMILES string of the molecule is C[C@H](OS(N)(=O)=O)[C@@H](OS(N)(=O)=O)c1ccccc1Cl. The van der Waals surface area contributed by atoms with Gasteiger partial charge in [0.15, 0.2) is 0 Å². The van der Waals surface area contributed by atoms with E-state index in [0.29, 0.717) is 0 Å². The highest BCUT2D eigenvalue weighted by Crippen LogP contribution is 2.30. The van der Waals surface area contributed by atoms with Gasteiger partial charge in [0.25, 0.3) is 0 Å². The van der Waals surface area contributed by atoms with E-state index in [-0.39, 0.29) is 10.6 Å². The van der Waals surface area contributed by atoms with Gasteiger partial charge in [-0.3, -0.25) is 4.18 Å². The molecule has 0 aliphatic heterocycles. The monoisotopic (exact) mass is 344 g/mol. The van der Waals surface area contributed by atoms with Crippen molar-refractivity contribution in [3.8, 4) is 0 Å². The molecule has 0 heterocycles. The first-order valence-corrected chi connectivity index (χ1v) is 8.48. The number of benzene rings is 1. The van der Waals surface area contributed by atoms with Gasteiger partial charge < -0.3 is 0 Å². The van der Waals surface area contributed by atoms with Gasteiger partial charge in [-0.05, 0) is 13.0 Å². The Labute approximate surface area is 122 Å². The third-order valence-corrected chi connectivity index (χ3v) is 3.55. The van der Waals surface area contributed by atoms with E-state index < -0.39 is 32.8 Å². The lowest BCUT2D eigenvalue weighted by Crippen LogP contribution is -2.31. The summed E-state index contributed by atoms with van der Waals surface area (Å²) in [6, 6.07) is 6.08. The van der Waals surface area contributed by atoms with Crippen molar-refractivity contribution in [1.29, 1.82) is 0 Å². The summed E-state index contributed by atoms with van der Waals surface area (Å²) in [5, 5.41) is 9.69. The lowest BCUT2D eigenvalue weighted by Gasteiger charge is -2.23. The Bertz CT molecular complexity index is 675. The Morgan fingerprint density at radius 1 is 1.05 bits per heavy atom. The first-order valence-electron chi connectivity index (χ1n) is 5.16. The molecular formula is C9H13ClN2O6S2. The van der Waals surface area contributed by atoms with Crippen LogP contribution in [0.15, 0.2) is 24.3 Å². The van der Waals surface area contributed by atoms with Crippen LogP contribution in [0.3, 0.4) is 0 Å². The molecule has 11 heteroatoms. The first kappa shape index (κ1) is 17.3. The second-order valence-corrected chi connectivity index (χ2v) is 6.59. The van der Waals surface area contributed by atoms with Gasteiger partial charge >= 0.3 is 20.6 Å². The Morgan fingerprint density at radius 2 is 1.55 bits per heavy atom. The molecule has 0 spiro atoms. The summed E-state index contributed by atoms with van der Waals surface area (Å²) in [5.74, 6) is 0. The van der Waals surface area contributed by atoms with E-state index in [4.69, 9.17) is 21.9 Å². The maximum atomic E-state index is 11.1. The largest absolute Gasteiger partial charge is 0.333 e. The van der Waals surface area contributed by atoms with Gasteiger partial charge in [-0.25, -0.2) is 14.5 Å². The van der Waals surface area contributed by atoms with Crippen molar-refractivity contribution >= 4 is 32.2 Å². The van der Waals surface area contributed by atoms with Gasteiger partial charge in [0.1, 0.15) is 12.2 Å². The minimum Gasteiger partial charge on any atom is -0.252 e. The molecule has 0 fully saturated rings. The first-order chi connectivity index (χ1) is 8.99. The van der Waals surface area contributed by atoms with Crippen LogP contribution in [0.5, 0.6) is 0 Å². The van der Waals surface area contributed by atoms with Crippen LogP contribution in [0.25, 0.3) is 0 Å². The highest BCUT2D eigenvalue weighted by Gasteiger charge is 2.29. The van der Waals surface area contributed by atoms with Crippen molar-refractivity contribution in [2.24, 2.45) is 10.3 Å². The van der Waals surface area contributed by atoms with Gasteiger partial charge in [-0.15, -0.1) is 0 Å². The van der Waals surface area contributed by atoms with Crippen LogP contribution in [0.1, 0.15) is 18.6 Å². The Morgan fingerprint density at radius 3 is 2.00 bits per heavy atom. The molecule has 0 unspecified atom stereocenters. The van der Waals surface area contributed by atoms with Gasteiger partial charge in [-0.1, -0.05) is 29.8 Å². The van der Waals surface area contributed by atoms with Crippen molar-refractivity contribution in [2.45, 2.75) is 19.1 Å². The molecule has 0 aliphatic rings. The predicted molar refractivity (Wildman–Crippen MR) is 72.0 cm³/mol. The number of hydrogen-bond donors (Lipinski definition) is 2. The van der Waals surface area contributed by atoms with E-state index in [2.05, 4.69) is 8.37 Å². The summed E-state index contributed by atoms with van der Waals surface area (Å²) in [4.78, 5) is 0. The standard InChI is InChI=1S/C9H13ClN2O6S2/c1-6(17-19(11,13)14)9(18-20(12,15)16)7-4-2-3-5-8(7)10/h2-6,9H,1H3,(H2,11,13,14)(H2,12,15,16)/t6-,9+/m0/s1. The molecule has 1 aromatic carbocycles. The highest BCUT2D eigenvalue weighted by molar-refractivity contribution is 7.84. The van der Waals surface area contributed by atoms with E-state index in [1.165, 1.54) is 19.1 Å². The normalized spacial score (nSPS) is 15.8. The molecule has 0 aliphatic carbocycles. The highest BCUT2D eigenvalue weighted by atomic mass is 35.5. The van der Waals surface area contributed by atoms with Crippen molar-refractivity contribution in [1.82, 2.24) is 0 Å². The molecule has 8 nitrogen and oxygen atoms in total. The Kier molecular flexibility index (Phi) is 5.49. The third-order valence-electron chi connectivity index (χ3n) is 2.16. The number of hydrogen-bond acceptors (Lipinski definition) is 6. The summed E-state index contributed by atoms with van der Waals surface area (Å²) in [7, 11) is -8.67. The molecular weight excluding hydrogens is 332 g/mol. The summed E-state index contributed by atoms with van der Waals surface area (Å²) in [6.45, 7) is 1.25. The van der Waals surface area contributed by atoms with E-state index in [1.54, 1.807) is 12.1 Å². The maximum Gasteiger partial charge on any atom is 0.333 e. The topological polar surface area (TPSA) is 139 Å². The minimum absolute atomic E-state index is 0.158. The van der Waals surface area contributed by atoms with Gasteiger partial charge in [0.2, 0.25) is 0 Å². The molecule has 0 radical (unpaired) electrons. The van der Waals surface area contributed by atoms with Crippen molar-refractivity contribution in [3.63, 3.8) is 0 Å². The zero-order valence-corrected chi connectivity index (χ0v) is 12.7. The second kappa shape index (κ2) is 6.35. The molecule has 0 amide bonds. The molecule has 4 N–H and O–H groups in total. The average molecular weight is 345 g/mol. The van der Waals surface area contributed by atoms with Crippen LogP contribution in [-0.4, -0.2) is 22.9 Å². The van der Waals surface area contributed by atoms with Crippen LogP contribution in [0.2, 0.25) is 5.02 Å². The van der Waals surface area contributed by atoms with Crippen molar-refractivity contribution < 1.29 is 25.2 Å². The molecule has 114 valence electrons. The third kappa shape index (κ3) is 5.71. The molecule has 2 atom stereocenters. The summed E-state index contributed by atoms with van der Waals surface area (Å²) < 4.78 is 53.1. The smallest absolute Gasteiger partial charge is 0.252 e. The fourth-order valence-corrected chi connectivity index (χ4v) is 2.81. The number of halogens is 1. The lowest BCUT2D eigenvalue weighted by molar-refractivity contribution is 0.0745. The van der Waals surface area contributed by atoms with Crippen molar-refractivity contribution in [3.05, 3.63) is 34.9 Å². The zero-order valence-electron chi connectivity index (χ0n) is 10.3. The van der Waals surface area contributed by atoms with Gasteiger partial charge in [-0.2, -0.15) is 16.8 Å². The summed E-state index contributed by atoms with van der Waals surface area (Å²) >= 11 is 5.91. The average Bonchev–Trinajstić information content (AvgIpc) is 2.23. The van der Waals surface area contributed by atoms with E-state index in [1.807, 2.05) is 0 Å². The molecule has 0 bridgehead atoms. The summed E-state index contributed by atoms with van der Waals surface area (Å²) in [6.07, 6.45) is -2.62. The van der Waals surface area contributed by atoms with E-state index in [9.17, 15) is 16.8 Å². The lowest BCUT2D eigenvalue weighted by atomic mass is 10.1. The van der Waals surface area contributed by atoms with Crippen LogP contribution in [-0.2, 0) is 29.0 Å². The molecule has 0 saturated carbocycles. The summed E-state index contributed by atoms with van der Waals surface area (Å²) in [5.41, 5.74) is 0.194. The maximum absolute atomic E-state index is 11.1. The molecule has 1 rings (SSSR count). The fourth-order valence-electron chi connectivity index (χ4n) is 1.50. The molecule has 1 aromatic rings. The Balaban J connectivity index is 3.19. The predicted octanol–water partition coefficient (Wildman–Crippen LogP) is 0.210.